The first-order valence-electron chi connectivity index (χ1n) is 6.99. The number of nitrogens with zero attached hydrogens (tertiary/aromatic N) is 1. The Morgan fingerprint density at radius 1 is 1.19 bits per heavy atom. The van der Waals surface area contributed by atoms with E-state index in [4.69, 9.17) is 0 Å². The van der Waals surface area contributed by atoms with Crippen molar-refractivity contribution in [2.45, 2.75) is 37.6 Å². The second-order valence-corrected chi connectivity index (χ2v) is 5.86. The molecule has 0 amide bonds. The maximum absolute atomic E-state index is 12.7. The topological polar surface area (TPSA) is 43.7 Å². The fourth-order valence-corrected chi connectivity index (χ4v) is 2.63. The summed E-state index contributed by atoms with van der Waals surface area (Å²) in [6.07, 6.45) is -3.49. The minimum Gasteiger partial charge on any atom is -0.393 e. The van der Waals surface area contributed by atoms with Crippen molar-refractivity contribution in [2.24, 2.45) is 0 Å². The van der Waals surface area contributed by atoms with Crippen molar-refractivity contribution in [3.8, 4) is 0 Å². The van der Waals surface area contributed by atoms with Crippen molar-refractivity contribution in [2.75, 3.05) is 19.6 Å². The normalized spacial score (nSPS) is 21.2. The lowest BCUT2D eigenvalue weighted by atomic mass is 9.92. The Bertz CT molecular complexity index is 480. The van der Waals surface area contributed by atoms with E-state index in [1.807, 2.05) is 4.90 Å². The van der Waals surface area contributed by atoms with Gasteiger partial charge in [0.15, 0.2) is 0 Å². The SMILES string of the molecule is C[C@](O)(CN1CCC(O)CC1)c1cccc(C(F)(F)F)c1. The Morgan fingerprint density at radius 2 is 1.76 bits per heavy atom. The fourth-order valence-electron chi connectivity index (χ4n) is 2.63. The van der Waals surface area contributed by atoms with Crippen LogP contribution in [0.2, 0.25) is 0 Å². The molecule has 2 N–H and O–H groups in total. The van der Waals surface area contributed by atoms with E-state index in [2.05, 4.69) is 0 Å². The molecule has 0 aliphatic carbocycles. The molecule has 2 rings (SSSR count). The van der Waals surface area contributed by atoms with Crippen molar-refractivity contribution < 1.29 is 23.4 Å². The van der Waals surface area contributed by atoms with E-state index < -0.39 is 17.3 Å². The van der Waals surface area contributed by atoms with Gasteiger partial charge in [-0.05, 0) is 37.5 Å². The molecule has 1 aromatic carbocycles. The molecular weight excluding hydrogens is 283 g/mol. The lowest BCUT2D eigenvalue weighted by molar-refractivity contribution is -0.137. The van der Waals surface area contributed by atoms with Crippen LogP contribution in [0.5, 0.6) is 0 Å². The molecule has 0 aromatic heterocycles. The van der Waals surface area contributed by atoms with Crippen LogP contribution in [0.3, 0.4) is 0 Å². The predicted molar refractivity (Wildman–Crippen MR) is 72.7 cm³/mol. The third-order valence-electron chi connectivity index (χ3n) is 3.90. The van der Waals surface area contributed by atoms with E-state index in [0.717, 1.165) is 12.1 Å². The van der Waals surface area contributed by atoms with E-state index in [1.54, 1.807) is 0 Å². The number of rotatable bonds is 3. The largest absolute Gasteiger partial charge is 0.416 e. The van der Waals surface area contributed by atoms with E-state index in [9.17, 15) is 23.4 Å². The van der Waals surface area contributed by atoms with Gasteiger partial charge in [0.25, 0.3) is 0 Å². The van der Waals surface area contributed by atoms with Crippen LogP contribution < -0.4 is 0 Å². The molecule has 1 heterocycles. The van der Waals surface area contributed by atoms with Crippen LogP contribution in [0, 0.1) is 0 Å². The minimum atomic E-state index is -4.42. The van der Waals surface area contributed by atoms with Gasteiger partial charge in [-0.2, -0.15) is 13.2 Å². The van der Waals surface area contributed by atoms with Gasteiger partial charge in [0, 0.05) is 19.6 Å². The number of β-amino-alcohol motifs (C(OH)–C–C–N with tert-alkyl or cyclic N) is 1. The number of hydrogen-bond donors (Lipinski definition) is 2. The van der Waals surface area contributed by atoms with Gasteiger partial charge in [-0.25, -0.2) is 0 Å². The highest BCUT2D eigenvalue weighted by Gasteiger charge is 2.34. The standard InChI is InChI=1S/C15H20F3NO2/c1-14(21,10-19-7-5-13(20)6-8-19)11-3-2-4-12(9-11)15(16,17)18/h2-4,9,13,20-21H,5-8,10H2,1H3/t14-/m0/s1. The van der Waals surface area contributed by atoms with Gasteiger partial charge in [-0.3, -0.25) is 4.90 Å². The summed E-state index contributed by atoms with van der Waals surface area (Å²) in [5, 5.41) is 20.0. The number of likely N-dealkylation sites (tertiary alicyclic amines) is 1. The molecule has 0 spiro atoms. The zero-order valence-corrected chi connectivity index (χ0v) is 11.9. The van der Waals surface area contributed by atoms with Gasteiger partial charge in [-0.1, -0.05) is 12.1 Å². The molecule has 1 fully saturated rings. The summed E-state index contributed by atoms with van der Waals surface area (Å²) >= 11 is 0. The highest BCUT2D eigenvalue weighted by Crippen LogP contribution is 2.32. The summed E-state index contributed by atoms with van der Waals surface area (Å²) in [5.41, 5.74) is -1.86. The average molecular weight is 303 g/mol. The smallest absolute Gasteiger partial charge is 0.393 e. The molecule has 0 radical (unpaired) electrons. The van der Waals surface area contributed by atoms with Gasteiger partial charge in [0.2, 0.25) is 0 Å². The van der Waals surface area contributed by atoms with Gasteiger partial charge in [0.05, 0.1) is 17.3 Å². The van der Waals surface area contributed by atoms with Gasteiger partial charge < -0.3 is 10.2 Å². The van der Waals surface area contributed by atoms with E-state index in [0.29, 0.717) is 25.9 Å². The number of piperidine rings is 1. The first-order valence-corrected chi connectivity index (χ1v) is 6.99. The summed E-state index contributed by atoms with van der Waals surface area (Å²) in [7, 11) is 0. The van der Waals surface area contributed by atoms with Crippen LogP contribution >= 0.6 is 0 Å². The Morgan fingerprint density at radius 3 is 2.33 bits per heavy atom. The summed E-state index contributed by atoms with van der Waals surface area (Å²) in [5.74, 6) is 0. The summed E-state index contributed by atoms with van der Waals surface area (Å²) in [4.78, 5) is 1.97. The molecule has 1 saturated heterocycles. The van der Waals surface area contributed by atoms with Crippen molar-refractivity contribution in [1.29, 1.82) is 0 Å². The van der Waals surface area contributed by atoms with Crippen molar-refractivity contribution >= 4 is 0 Å². The Kier molecular flexibility index (Phi) is 4.60. The number of benzene rings is 1. The lowest BCUT2D eigenvalue weighted by Crippen LogP contribution is -2.44. The number of alkyl halides is 3. The number of aliphatic hydroxyl groups is 2. The molecule has 21 heavy (non-hydrogen) atoms. The van der Waals surface area contributed by atoms with Crippen molar-refractivity contribution in [3.63, 3.8) is 0 Å². The molecule has 1 aromatic rings. The van der Waals surface area contributed by atoms with Crippen LogP contribution in [-0.4, -0.2) is 40.9 Å². The number of aliphatic hydroxyl groups excluding tert-OH is 1. The van der Waals surface area contributed by atoms with Crippen molar-refractivity contribution in [3.05, 3.63) is 35.4 Å². The van der Waals surface area contributed by atoms with E-state index in [1.165, 1.54) is 19.1 Å². The number of hydrogen-bond acceptors (Lipinski definition) is 3. The molecule has 3 nitrogen and oxygen atoms in total. The second kappa shape index (κ2) is 5.94. The third kappa shape index (κ3) is 4.18. The molecule has 1 aliphatic heterocycles. The van der Waals surface area contributed by atoms with Gasteiger partial charge in [-0.15, -0.1) is 0 Å². The van der Waals surface area contributed by atoms with Crippen LogP contribution in [0.25, 0.3) is 0 Å². The molecule has 1 atom stereocenters. The molecule has 6 heteroatoms. The summed E-state index contributed by atoms with van der Waals surface area (Å²) in [6.45, 7) is 3.04. The van der Waals surface area contributed by atoms with Crippen LogP contribution in [0.4, 0.5) is 13.2 Å². The van der Waals surface area contributed by atoms with Crippen LogP contribution in [-0.2, 0) is 11.8 Å². The molecule has 1 aliphatic rings. The average Bonchev–Trinajstić information content (AvgIpc) is 2.40. The molecule has 0 unspecified atom stereocenters. The summed E-state index contributed by atoms with van der Waals surface area (Å²) in [6, 6.07) is 4.82. The van der Waals surface area contributed by atoms with Gasteiger partial charge >= 0.3 is 6.18 Å². The first kappa shape index (κ1) is 16.3. The molecule has 0 bridgehead atoms. The van der Waals surface area contributed by atoms with Gasteiger partial charge in [0.1, 0.15) is 0 Å². The van der Waals surface area contributed by atoms with Crippen LogP contribution in [0.1, 0.15) is 30.9 Å². The maximum Gasteiger partial charge on any atom is 0.416 e. The molecular formula is C15H20F3NO2. The predicted octanol–water partition coefficient (Wildman–Crippen LogP) is 2.37. The highest BCUT2D eigenvalue weighted by molar-refractivity contribution is 5.29. The maximum atomic E-state index is 12.7. The molecule has 118 valence electrons. The molecule has 0 saturated carbocycles. The van der Waals surface area contributed by atoms with E-state index >= 15 is 0 Å². The zero-order valence-electron chi connectivity index (χ0n) is 11.9. The van der Waals surface area contributed by atoms with E-state index in [-0.39, 0.29) is 18.2 Å². The Hall–Kier alpha value is -1.11. The van der Waals surface area contributed by atoms with Crippen LogP contribution in [0.15, 0.2) is 24.3 Å². The highest BCUT2D eigenvalue weighted by atomic mass is 19.4. The second-order valence-electron chi connectivity index (χ2n) is 5.86. The monoisotopic (exact) mass is 303 g/mol. The lowest BCUT2D eigenvalue weighted by Gasteiger charge is -2.35. The Labute approximate surface area is 122 Å². The minimum absolute atomic E-state index is 0.251. The van der Waals surface area contributed by atoms with Crippen molar-refractivity contribution in [1.82, 2.24) is 4.90 Å². The fraction of sp³-hybridized carbons (Fsp3) is 0.600. The Balaban J connectivity index is 2.12. The quantitative estimate of drug-likeness (QED) is 0.901. The summed E-state index contributed by atoms with van der Waals surface area (Å²) < 4.78 is 38.2. The third-order valence-corrected chi connectivity index (χ3v) is 3.90. The number of halogens is 3. The zero-order chi connectivity index (χ0) is 15.7. The first-order chi connectivity index (χ1) is 9.68.